The minimum Gasteiger partial charge on any atom is -0.497 e. The van der Waals surface area contributed by atoms with Crippen LogP contribution in [0.5, 0.6) is 5.75 Å². The van der Waals surface area contributed by atoms with Crippen molar-refractivity contribution in [3.8, 4) is 5.75 Å². The van der Waals surface area contributed by atoms with E-state index in [1.807, 2.05) is 61.0 Å². The fraction of sp³-hybridized carbons (Fsp3) is 0.348. The highest BCUT2D eigenvalue weighted by atomic mass is 32.2. The highest BCUT2D eigenvalue weighted by Gasteiger charge is 2.38. The topological polar surface area (TPSA) is 81.1 Å². The molecule has 4 rings (SSSR count). The maximum atomic E-state index is 13.4. The predicted octanol–water partition coefficient (Wildman–Crippen LogP) is 4.25. The highest BCUT2D eigenvalue weighted by molar-refractivity contribution is 8.00. The van der Waals surface area contributed by atoms with Crippen molar-refractivity contribution in [3.05, 3.63) is 65.0 Å². The lowest BCUT2D eigenvalue weighted by Crippen LogP contribution is -2.41. The van der Waals surface area contributed by atoms with E-state index in [2.05, 4.69) is 27.9 Å². The molecule has 7 nitrogen and oxygen atoms in total. The molecule has 2 aromatic carbocycles. The monoisotopic (exact) mass is 437 g/mol. The number of amides is 1. The Morgan fingerprint density at radius 1 is 1.19 bits per heavy atom. The van der Waals surface area contributed by atoms with E-state index in [1.54, 1.807) is 7.11 Å². The normalized spacial score (nSPS) is 17.5. The molecule has 1 aliphatic rings. The fourth-order valence-corrected chi connectivity index (χ4v) is 4.72. The average Bonchev–Trinajstić information content (AvgIpc) is 3.17. The number of nitrogens with one attached hydrogen (secondary N) is 2. The van der Waals surface area contributed by atoms with E-state index in [1.165, 1.54) is 11.8 Å². The first kappa shape index (κ1) is 21.2. The first-order valence-corrected chi connectivity index (χ1v) is 11.3. The Morgan fingerprint density at radius 3 is 2.68 bits per heavy atom. The summed E-state index contributed by atoms with van der Waals surface area (Å²) in [6.45, 7) is 6.12. The van der Waals surface area contributed by atoms with Gasteiger partial charge in [-0.2, -0.15) is 0 Å². The van der Waals surface area contributed by atoms with Crippen molar-refractivity contribution in [2.75, 3.05) is 17.9 Å². The number of carbonyl (C=O) groups excluding carboxylic acids is 1. The number of ether oxygens (including phenoxy) is 1. The van der Waals surface area contributed by atoms with Crippen LogP contribution in [0, 0.1) is 13.8 Å². The Hall–Kier alpha value is -3.00. The molecule has 162 valence electrons. The van der Waals surface area contributed by atoms with Crippen molar-refractivity contribution in [2.45, 2.75) is 50.1 Å². The third-order valence-corrected chi connectivity index (χ3v) is 6.58. The zero-order valence-electron chi connectivity index (χ0n) is 18.2. The van der Waals surface area contributed by atoms with E-state index in [-0.39, 0.29) is 11.9 Å². The molecular formula is C23H27N5O2S. The van der Waals surface area contributed by atoms with Crippen molar-refractivity contribution in [1.82, 2.24) is 14.9 Å². The first-order chi connectivity index (χ1) is 15.0. The minimum absolute atomic E-state index is 0.0710. The Balaban J connectivity index is 1.67. The van der Waals surface area contributed by atoms with Crippen LogP contribution >= 0.6 is 11.8 Å². The lowest BCUT2D eigenvalue weighted by Gasteiger charge is -2.33. The van der Waals surface area contributed by atoms with Crippen molar-refractivity contribution in [1.29, 1.82) is 0 Å². The number of carbonyl (C=O) groups is 1. The summed E-state index contributed by atoms with van der Waals surface area (Å²) < 4.78 is 7.22. The van der Waals surface area contributed by atoms with Crippen LogP contribution < -0.4 is 15.5 Å². The molecule has 8 heteroatoms. The van der Waals surface area contributed by atoms with Crippen LogP contribution in [0.3, 0.4) is 0 Å². The summed E-state index contributed by atoms with van der Waals surface area (Å²) in [6.07, 6.45) is 1.78. The van der Waals surface area contributed by atoms with E-state index in [4.69, 9.17) is 4.74 Å². The number of benzene rings is 2. The van der Waals surface area contributed by atoms with Gasteiger partial charge in [-0.25, -0.2) is 4.68 Å². The van der Waals surface area contributed by atoms with Crippen molar-refractivity contribution in [3.63, 3.8) is 0 Å². The molecule has 31 heavy (non-hydrogen) atoms. The Morgan fingerprint density at radius 2 is 1.97 bits per heavy atom. The summed E-state index contributed by atoms with van der Waals surface area (Å²) in [5, 5.41) is 12.0. The van der Waals surface area contributed by atoms with Gasteiger partial charge in [-0.1, -0.05) is 43.0 Å². The summed E-state index contributed by atoms with van der Waals surface area (Å²) in [5.41, 5.74) is 7.46. The third-order valence-electron chi connectivity index (χ3n) is 5.36. The predicted molar refractivity (Wildman–Crippen MR) is 123 cm³/mol. The number of thioether (sulfide) groups is 1. The number of rotatable bonds is 6. The van der Waals surface area contributed by atoms with Gasteiger partial charge >= 0.3 is 0 Å². The molecule has 0 fully saturated rings. The smallest absolute Gasteiger partial charge is 0.240 e. The third kappa shape index (κ3) is 4.39. The highest BCUT2D eigenvalue weighted by Crippen LogP contribution is 2.38. The van der Waals surface area contributed by atoms with Crippen molar-refractivity contribution < 1.29 is 9.53 Å². The molecule has 1 aromatic heterocycles. The second kappa shape index (κ2) is 9.01. The van der Waals surface area contributed by atoms with Gasteiger partial charge < -0.3 is 15.5 Å². The molecule has 2 atom stereocenters. The van der Waals surface area contributed by atoms with Gasteiger partial charge in [0, 0.05) is 12.1 Å². The fourth-order valence-electron chi connectivity index (χ4n) is 3.62. The van der Waals surface area contributed by atoms with Crippen LogP contribution in [0.4, 0.5) is 5.69 Å². The van der Waals surface area contributed by atoms with Gasteiger partial charge in [-0.05, 0) is 55.2 Å². The largest absolute Gasteiger partial charge is 0.497 e. The zero-order valence-corrected chi connectivity index (χ0v) is 19.0. The molecule has 0 bridgehead atoms. The van der Waals surface area contributed by atoms with Crippen LogP contribution in [0.2, 0.25) is 0 Å². The van der Waals surface area contributed by atoms with Crippen molar-refractivity contribution >= 4 is 23.4 Å². The van der Waals surface area contributed by atoms with Gasteiger partial charge in [-0.15, -0.1) is 10.2 Å². The zero-order chi connectivity index (χ0) is 22.0. The summed E-state index contributed by atoms with van der Waals surface area (Å²) in [6, 6.07) is 13.6. The van der Waals surface area contributed by atoms with E-state index in [0.717, 1.165) is 46.8 Å². The SMILES string of the molecule is CCCc1nnc2n1N[C@@H](c1ccc(OC)cc1)[C@H](C(=O)Nc1cc(C)ccc1C)S2. The lowest BCUT2D eigenvalue weighted by atomic mass is 10.0. The van der Waals surface area contributed by atoms with Crippen LogP contribution in [-0.4, -0.2) is 33.1 Å². The maximum Gasteiger partial charge on any atom is 0.240 e. The van der Waals surface area contributed by atoms with Crippen LogP contribution in [0.25, 0.3) is 0 Å². The maximum absolute atomic E-state index is 13.4. The number of hydrogen-bond donors (Lipinski definition) is 2. The number of aromatic nitrogens is 3. The van der Waals surface area contributed by atoms with Gasteiger partial charge in [0.2, 0.25) is 11.1 Å². The van der Waals surface area contributed by atoms with Crippen molar-refractivity contribution in [2.24, 2.45) is 0 Å². The van der Waals surface area contributed by atoms with Crippen LogP contribution in [0.15, 0.2) is 47.6 Å². The van der Waals surface area contributed by atoms with Gasteiger partial charge in [-0.3, -0.25) is 4.79 Å². The Labute approximate surface area is 186 Å². The molecule has 0 saturated heterocycles. The van der Waals surface area contributed by atoms with Gasteiger partial charge in [0.05, 0.1) is 13.2 Å². The van der Waals surface area contributed by atoms with Gasteiger partial charge in [0.25, 0.3) is 0 Å². The first-order valence-electron chi connectivity index (χ1n) is 10.4. The lowest BCUT2D eigenvalue weighted by molar-refractivity contribution is -0.116. The molecule has 1 amide bonds. The molecule has 1 aliphatic heterocycles. The number of hydrogen-bond acceptors (Lipinski definition) is 6. The standard InChI is InChI=1S/C23H27N5O2S/c1-5-6-19-25-26-23-28(19)27-20(16-9-11-17(30-4)12-10-16)21(31-23)22(29)24-18-13-14(2)7-8-15(18)3/h7-13,20-21,27H,5-6H2,1-4H3,(H,24,29)/t20-,21+/m0/s1. The van der Waals surface area contributed by atoms with E-state index in [9.17, 15) is 4.79 Å². The number of methoxy groups -OCH3 is 1. The average molecular weight is 438 g/mol. The van der Waals surface area contributed by atoms with E-state index in [0.29, 0.717) is 5.16 Å². The van der Waals surface area contributed by atoms with E-state index < -0.39 is 5.25 Å². The Kier molecular flexibility index (Phi) is 6.18. The van der Waals surface area contributed by atoms with Gasteiger partial charge in [0.1, 0.15) is 11.0 Å². The summed E-state index contributed by atoms with van der Waals surface area (Å²) in [4.78, 5) is 13.4. The van der Waals surface area contributed by atoms with E-state index >= 15 is 0 Å². The molecule has 0 radical (unpaired) electrons. The summed E-state index contributed by atoms with van der Waals surface area (Å²) in [5.74, 6) is 1.58. The molecule has 3 aromatic rings. The number of nitrogens with zero attached hydrogens (tertiary/aromatic N) is 3. The Bertz CT molecular complexity index is 1080. The second-order valence-corrected chi connectivity index (χ2v) is 8.82. The molecule has 0 spiro atoms. The van der Waals surface area contributed by atoms with Crippen LogP contribution in [-0.2, 0) is 11.2 Å². The summed E-state index contributed by atoms with van der Waals surface area (Å²) in [7, 11) is 1.64. The van der Waals surface area contributed by atoms with Gasteiger partial charge in [0.15, 0.2) is 5.82 Å². The second-order valence-electron chi connectivity index (χ2n) is 7.71. The molecule has 2 N–H and O–H groups in total. The quantitative estimate of drug-likeness (QED) is 0.600. The van der Waals surface area contributed by atoms with Crippen LogP contribution in [0.1, 0.15) is 41.9 Å². The number of aryl methyl sites for hydroxylation is 3. The number of fused-ring (bicyclic) bond motifs is 1. The molecule has 0 unspecified atom stereocenters. The number of anilines is 1. The molecule has 0 saturated carbocycles. The molecular weight excluding hydrogens is 410 g/mol. The summed E-state index contributed by atoms with van der Waals surface area (Å²) >= 11 is 1.44. The minimum atomic E-state index is -0.417. The molecule has 0 aliphatic carbocycles. The molecule has 2 heterocycles.